The smallest absolute Gasteiger partial charge is 0.241 e. The van der Waals surface area contributed by atoms with Gasteiger partial charge in [0.05, 0.1) is 24.0 Å². The normalized spacial score (nSPS) is 12.5. The molecule has 0 bridgehead atoms. The predicted molar refractivity (Wildman–Crippen MR) is 68.6 cm³/mol. The van der Waals surface area contributed by atoms with Crippen molar-refractivity contribution in [3.63, 3.8) is 0 Å². The molecule has 5 nitrogen and oxygen atoms in total. The van der Waals surface area contributed by atoms with Gasteiger partial charge in [-0.3, -0.25) is 9.69 Å². The number of carbonyl (C=O) groups excluding carboxylic acids is 1. The highest BCUT2D eigenvalue weighted by Crippen LogP contribution is 2.19. The van der Waals surface area contributed by atoms with Gasteiger partial charge in [-0.2, -0.15) is 0 Å². The minimum atomic E-state index is -0.448. The second kappa shape index (κ2) is 6.32. The molecule has 4 N–H and O–H groups in total. The Hall–Kier alpha value is -1.66. The quantitative estimate of drug-likeness (QED) is 0.675. The van der Waals surface area contributed by atoms with E-state index in [1.165, 1.54) is 12.1 Å². The van der Waals surface area contributed by atoms with E-state index in [0.29, 0.717) is 12.2 Å². The number of nitrogens with one attached hydrogen (secondary N) is 1. The summed E-state index contributed by atoms with van der Waals surface area (Å²) in [5, 5.41) is 11.4. The molecule has 0 aromatic heterocycles. The monoisotopic (exact) mass is 255 g/mol. The van der Waals surface area contributed by atoms with Crippen LogP contribution in [0.15, 0.2) is 18.2 Å². The van der Waals surface area contributed by atoms with Gasteiger partial charge < -0.3 is 16.2 Å². The van der Waals surface area contributed by atoms with Gasteiger partial charge in [-0.1, -0.05) is 0 Å². The molecule has 0 fully saturated rings. The molecule has 0 heterocycles. The van der Waals surface area contributed by atoms with E-state index in [2.05, 4.69) is 5.32 Å². The number of carbonyl (C=O) groups is 1. The number of aliphatic hydroxyl groups is 1. The fraction of sp³-hybridized carbons (Fsp3) is 0.417. The zero-order valence-electron chi connectivity index (χ0n) is 10.5. The number of nitrogens with zero attached hydrogens (tertiary/aromatic N) is 1. The molecule has 100 valence electrons. The first-order valence-corrected chi connectivity index (χ1v) is 5.62. The van der Waals surface area contributed by atoms with Gasteiger partial charge in [0, 0.05) is 6.54 Å². The number of amides is 1. The molecule has 0 saturated heterocycles. The van der Waals surface area contributed by atoms with Gasteiger partial charge in [-0.15, -0.1) is 0 Å². The second-order valence-electron chi connectivity index (χ2n) is 4.10. The third-order valence-electron chi connectivity index (χ3n) is 2.76. The Morgan fingerprint density at radius 3 is 2.83 bits per heavy atom. The SMILES string of the molecule is CC(C(=O)Nc1ccc(F)cc1N)N(C)CCO. The Labute approximate surface area is 105 Å². The average Bonchev–Trinajstić information content (AvgIpc) is 2.32. The molecule has 1 amide bonds. The van der Waals surface area contributed by atoms with E-state index in [-0.39, 0.29) is 18.2 Å². The lowest BCUT2D eigenvalue weighted by atomic mass is 10.2. The highest BCUT2D eigenvalue weighted by Gasteiger charge is 2.18. The molecule has 0 aliphatic heterocycles. The van der Waals surface area contributed by atoms with Gasteiger partial charge in [0.2, 0.25) is 5.91 Å². The van der Waals surface area contributed by atoms with Crippen LogP contribution >= 0.6 is 0 Å². The fourth-order valence-corrected chi connectivity index (χ4v) is 1.44. The first-order valence-electron chi connectivity index (χ1n) is 5.62. The van der Waals surface area contributed by atoms with Crippen LogP contribution in [-0.2, 0) is 4.79 Å². The van der Waals surface area contributed by atoms with E-state index in [9.17, 15) is 9.18 Å². The number of halogens is 1. The van der Waals surface area contributed by atoms with Crippen LogP contribution in [0.1, 0.15) is 6.92 Å². The maximum absolute atomic E-state index is 12.8. The van der Waals surface area contributed by atoms with Crippen molar-refractivity contribution in [1.29, 1.82) is 0 Å². The summed E-state index contributed by atoms with van der Waals surface area (Å²) >= 11 is 0. The zero-order chi connectivity index (χ0) is 13.7. The molecular weight excluding hydrogens is 237 g/mol. The van der Waals surface area contributed by atoms with Gasteiger partial charge in [-0.05, 0) is 32.2 Å². The first kappa shape index (κ1) is 14.4. The largest absolute Gasteiger partial charge is 0.397 e. The lowest BCUT2D eigenvalue weighted by Crippen LogP contribution is -2.41. The van der Waals surface area contributed by atoms with Crippen LogP contribution in [0.25, 0.3) is 0 Å². The highest BCUT2D eigenvalue weighted by atomic mass is 19.1. The Bertz CT molecular complexity index is 426. The van der Waals surface area contributed by atoms with Crippen molar-refractivity contribution in [2.45, 2.75) is 13.0 Å². The van der Waals surface area contributed by atoms with Crippen molar-refractivity contribution in [3.8, 4) is 0 Å². The Kier molecular flexibility index (Phi) is 5.06. The molecule has 0 saturated carbocycles. The number of hydrogen-bond donors (Lipinski definition) is 3. The van der Waals surface area contributed by atoms with Crippen molar-refractivity contribution in [3.05, 3.63) is 24.0 Å². The number of nitrogen functional groups attached to an aromatic ring is 1. The molecule has 1 rings (SSSR count). The third-order valence-corrected chi connectivity index (χ3v) is 2.76. The van der Waals surface area contributed by atoms with E-state index in [4.69, 9.17) is 10.8 Å². The summed E-state index contributed by atoms with van der Waals surface area (Å²) in [6, 6.07) is 3.38. The minimum Gasteiger partial charge on any atom is -0.397 e. The number of hydrogen-bond acceptors (Lipinski definition) is 4. The van der Waals surface area contributed by atoms with Gasteiger partial charge in [0.15, 0.2) is 0 Å². The molecule has 0 radical (unpaired) electrons. The fourth-order valence-electron chi connectivity index (χ4n) is 1.44. The zero-order valence-corrected chi connectivity index (χ0v) is 10.5. The molecule has 18 heavy (non-hydrogen) atoms. The Balaban J connectivity index is 2.69. The number of aliphatic hydroxyl groups excluding tert-OH is 1. The van der Waals surface area contributed by atoms with Gasteiger partial charge in [0.1, 0.15) is 5.82 Å². The summed E-state index contributed by atoms with van der Waals surface area (Å²) < 4.78 is 12.8. The van der Waals surface area contributed by atoms with E-state index >= 15 is 0 Å². The van der Waals surface area contributed by atoms with Crippen LogP contribution in [0.4, 0.5) is 15.8 Å². The summed E-state index contributed by atoms with van der Waals surface area (Å²) in [5.74, 6) is -0.708. The standard InChI is InChI=1S/C12H18FN3O2/c1-8(16(2)5-6-17)12(18)15-11-4-3-9(13)7-10(11)14/h3-4,7-8,17H,5-6,14H2,1-2H3,(H,15,18). The van der Waals surface area contributed by atoms with Gasteiger partial charge in [0.25, 0.3) is 0 Å². The molecular formula is C12H18FN3O2. The molecule has 0 aliphatic rings. The van der Waals surface area contributed by atoms with Crippen molar-refractivity contribution in [1.82, 2.24) is 4.90 Å². The molecule has 1 aromatic carbocycles. The maximum atomic E-state index is 12.8. The van der Waals surface area contributed by atoms with E-state index < -0.39 is 11.9 Å². The first-order chi connectivity index (χ1) is 8.45. The van der Waals surface area contributed by atoms with Crippen LogP contribution in [0.3, 0.4) is 0 Å². The third kappa shape index (κ3) is 3.68. The summed E-state index contributed by atoms with van der Waals surface area (Å²) in [6.07, 6.45) is 0. The maximum Gasteiger partial charge on any atom is 0.241 e. The number of benzene rings is 1. The highest BCUT2D eigenvalue weighted by molar-refractivity contribution is 5.97. The molecule has 1 unspecified atom stereocenters. The van der Waals surface area contributed by atoms with E-state index in [1.807, 2.05) is 0 Å². The summed E-state index contributed by atoms with van der Waals surface area (Å²) in [4.78, 5) is 13.6. The number of anilines is 2. The van der Waals surface area contributed by atoms with Crippen molar-refractivity contribution in [2.24, 2.45) is 0 Å². The Morgan fingerprint density at radius 2 is 2.28 bits per heavy atom. The van der Waals surface area contributed by atoms with Crippen molar-refractivity contribution < 1.29 is 14.3 Å². The lowest BCUT2D eigenvalue weighted by Gasteiger charge is -2.23. The minimum absolute atomic E-state index is 0.0210. The summed E-state index contributed by atoms with van der Waals surface area (Å²) in [6.45, 7) is 2.09. The lowest BCUT2D eigenvalue weighted by molar-refractivity contribution is -0.120. The molecule has 0 spiro atoms. The topological polar surface area (TPSA) is 78.6 Å². The van der Waals surface area contributed by atoms with Crippen molar-refractivity contribution in [2.75, 3.05) is 31.2 Å². The summed E-state index contributed by atoms with van der Waals surface area (Å²) in [7, 11) is 1.73. The number of likely N-dealkylation sites (N-methyl/N-ethyl adjacent to an activating group) is 1. The van der Waals surface area contributed by atoms with Gasteiger partial charge >= 0.3 is 0 Å². The van der Waals surface area contributed by atoms with E-state index in [0.717, 1.165) is 6.07 Å². The summed E-state index contributed by atoms with van der Waals surface area (Å²) in [5.41, 5.74) is 6.16. The molecule has 0 aliphatic carbocycles. The van der Waals surface area contributed by atoms with Crippen LogP contribution in [0, 0.1) is 5.82 Å². The molecule has 1 atom stereocenters. The van der Waals surface area contributed by atoms with Crippen LogP contribution in [0.2, 0.25) is 0 Å². The number of rotatable bonds is 5. The number of nitrogens with two attached hydrogens (primary N) is 1. The van der Waals surface area contributed by atoms with Gasteiger partial charge in [-0.25, -0.2) is 4.39 Å². The van der Waals surface area contributed by atoms with Crippen molar-refractivity contribution >= 4 is 17.3 Å². The Morgan fingerprint density at radius 1 is 1.61 bits per heavy atom. The van der Waals surface area contributed by atoms with E-state index in [1.54, 1.807) is 18.9 Å². The second-order valence-corrected chi connectivity index (χ2v) is 4.10. The predicted octanol–water partition coefficient (Wildman–Crippen LogP) is 0.659. The average molecular weight is 255 g/mol. The molecule has 6 heteroatoms. The van der Waals surface area contributed by atoms with Crippen LogP contribution < -0.4 is 11.1 Å². The van der Waals surface area contributed by atoms with Crippen LogP contribution in [-0.4, -0.2) is 42.2 Å². The molecule has 1 aromatic rings. The van der Waals surface area contributed by atoms with Crippen LogP contribution in [0.5, 0.6) is 0 Å².